The highest BCUT2D eigenvalue weighted by Crippen LogP contribution is 2.26. The fraction of sp³-hybridized carbons (Fsp3) is 0.538. The number of halogens is 1. The van der Waals surface area contributed by atoms with Gasteiger partial charge in [0.15, 0.2) is 0 Å². The van der Waals surface area contributed by atoms with Crippen molar-refractivity contribution in [1.29, 1.82) is 0 Å². The summed E-state index contributed by atoms with van der Waals surface area (Å²) in [4.78, 5) is 0.159. The van der Waals surface area contributed by atoms with Gasteiger partial charge in [0.25, 0.3) is 0 Å². The molecule has 1 aliphatic rings. The van der Waals surface area contributed by atoms with E-state index in [1.54, 1.807) is 0 Å². The molecule has 0 amide bonds. The van der Waals surface area contributed by atoms with Crippen LogP contribution in [0.15, 0.2) is 23.1 Å². The number of aliphatic hydroxyl groups is 1. The lowest BCUT2D eigenvalue weighted by Crippen LogP contribution is -2.48. The molecule has 1 unspecified atom stereocenters. The molecule has 1 atom stereocenters. The van der Waals surface area contributed by atoms with Crippen LogP contribution in [-0.4, -0.2) is 43.6 Å². The molecule has 5 nitrogen and oxygen atoms in total. The summed E-state index contributed by atoms with van der Waals surface area (Å²) in [6, 6.07) is 4.25. The van der Waals surface area contributed by atoms with Crippen molar-refractivity contribution in [2.45, 2.75) is 30.9 Å². The van der Waals surface area contributed by atoms with Gasteiger partial charge in [0.05, 0.1) is 24.7 Å². The molecular formula is C13H18ClNO4S. The second kappa shape index (κ2) is 6.41. The van der Waals surface area contributed by atoms with Crippen LogP contribution in [0.5, 0.6) is 0 Å². The molecule has 0 saturated carbocycles. The fourth-order valence-electron chi connectivity index (χ4n) is 2.25. The van der Waals surface area contributed by atoms with E-state index >= 15 is 0 Å². The zero-order valence-electron chi connectivity index (χ0n) is 11.3. The number of sulfonamides is 1. The Morgan fingerprint density at radius 2 is 2.25 bits per heavy atom. The smallest absolute Gasteiger partial charge is 0.243 e. The summed E-state index contributed by atoms with van der Waals surface area (Å²) >= 11 is 5.90. The predicted octanol–water partition coefficient (Wildman–Crippen LogP) is 1.63. The molecule has 1 fully saturated rings. The Morgan fingerprint density at radius 3 is 2.90 bits per heavy atom. The van der Waals surface area contributed by atoms with Crippen molar-refractivity contribution in [3.8, 4) is 0 Å². The molecule has 0 radical (unpaired) electrons. The lowest BCUT2D eigenvalue weighted by molar-refractivity contribution is 0.0314. The highest BCUT2D eigenvalue weighted by molar-refractivity contribution is 7.89. The number of rotatable bonds is 4. The van der Waals surface area contributed by atoms with Crippen LogP contribution < -0.4 is 0 Å². The van der Waals surface area contributed by atoms with Crippen LogP contribution in [0.25, 0.3) is 0 Å². The first-order valence-corrected chi connectivity index (χ1v) is 8.31. The molecule has 1 aromatic rings. The Kier molecular flexibility index (Phi) is 5.04. The molecule has 0 bridgehead atoms. The van der Waals surface area contributed by atoms with Gasteiger partial charge in [-0.2, -0.15) is 4.31 Å². The molecule has 2 rings (SSSR count). The molecule has 0 aliphatic carbocycles. The molecule has 1 N–H and O–H groups in total. The molecule has 0 aromatic heterocycles. The quantitative estimate of drug-likeness (QED) is 0.916. The Labute approximate surface area is 124 Å². The molecule has 1 heterocycles. The highest BCUT2D eigenvalue weighted by Gasteiger charge is 2.33. The first kappa shape index (κ1) is 15.7. The Balaban J connectivity index is 2.38. The van der Waals surface area contributed by atoms with Gasteiger partial charge in [-0.3, -0.25) is 0 Å². The SMILES string of the molecule is CCC1COCCN1S(=O)(=O)c1ccc(Cl)c(CO)c1. The third-order valence-electron chi connectivity index (χ3n) is 3.44. The zero-order valence-corrected chi connectivity index (χ0v) is 12.8. The molecular weight excluding hydrogens is 302 g/mol. The largest absolute Gasteiger partial charge is 0.392 e. The van der Waals surface area contributed by atoms with Gasteiger partial charge in [0.1, 0.15) is 0 Å². The van der Waals surface area contributed by atoms with Crippen molar-refractivity contribution >= 4 is 21.6 Å². The standard InChI is InChI=1S/C13H18ClNO4S/c1-2-11-9-19-6-5-15(11)20(17,18)12-3-4-13(14)10(7-12)8-16/h3-4,7,11,16H,2,5-6,8-9H2,1H3. The Hall–Kier alpha value is -0.660. The molecule has 1 aromatic carbocycles. The van der Waals surface area contributed by atoms with Crippen molar-refractivity contribution in [3.63, 3.8) is 0 Å². The third-order valence-corrected chi connectivity index (χ3v) is 5.76. The second-order valence-electron chi connectivity index (χ2n) is 4.66. The normalized spacial score (nSPS) is 21.1. The van der Waals surface area contributed by atoms with E-state index in [2.05, 4.69) is 0 Å². The Bertz CT molecular complexity index is 576. The minimum Gasteiger partial charge on any atom is -0.392 e. The predicted molar refractivity (Wildman–Crippen MR) is 76.2 cm³/mol. The van der Waals surface area contributed by atoms with Crippen LogP contribution in [0.2, 0.25) is 5.02 Å². The van der Waals surface area contributed by atoms with Crippen LogP contribution in [0.3, 0.4) is 0 Å². The minimum atomic E-state index is -3.59. The van der Waals surface area contributed by atoms with Gasteiger partial charge < -0.3 is 9.84 Å². The number of hydrogen-bond donors (Lipinski definition) is 1. The number of hydrogen-bond acceptors (Lipinski definition) is 4. The first-order valence-electron chi connectivity index (χ1n) is 6.49. The van der Waals surface area contributed by atoms with E-state index in [0.29, 0.717) is 36.8 Å². The van der Waals surface area contributed by atoms with Crippen LogP contribution in [0.1, 0.15) is 18.9 Å². The van der Waals surface area contributed by atoms with E-state index in [1.165, 1.54) is 22.5 Å². The Morgan fingerprint density at radius 1 is 1.50 bits per heavy atom. The van der Waals surface area contributed by atoms with Crippen LogP contribution in [0, 0.1) is 0 Å². The summed E-state index contributed by atoms with van der Waals surface area (Å²) < 4.78 is 32.2. The third kappa shape index (κ3) is 2.99. The maximum Gasteiger partial charge on any atom is 0.243 e. The van der Waals surface area contributed by atoms with E-state index < -0.39 is 10.0 Å². The number of morpholine rings is 1. The van der Waals surface area contributed by atoms with Crippen LogP contribution in [-0.2, 0) is 21.4 Å². The highest BCUT2D eigenvalue weighted by atomic mass is 35.5. The maximum atomic E-state index is 12.7. The summed E-state index contributed by atoms with van der Waals surface area (Å²) in [6.07, 6.45) is 0.694. The van der Waals surface area contributed by atoms with Crippen molar-refractivity contribution < 1.29 is 18.3 Å². The van der Waals surface area contributed by atoms with E-state index in [-0.39, 0.29) is 17.5 Å². The summed E-state index contributed by atoms with van der Waals surface area (Å²) in [7, 11) is -3.59. The summed E-state index contributed by atoms with van der Waals surface area (Å²) in [5, 5.41) is 9.57. The molecule has 0 spiro atoms. The van der Waals surface area contributed by atoms with E-state index in [4.69, 9.17) is 16.3 Å². The molecule has 7 heteroatoms. The van der Waals surface area contributed by atoms with Gasteiger partial charge >= 0.3 is 0 Å². The van der Waals surface area contributed by atoms with Crippen molar-refractivity contribution in [2.24, 2.45) is 0 Å². The van der Waals surface area contributed by atoms with Gasteiger partial charge in [-0.05, 0) is 30.2 Å². The summed E-state index contributed by atoms with van der Waals surface area (Å²) in [6.45, 7) is 2.80. The topological polar surface area (TPSA) is 66.8 Å². The van der Waals surface area contributed by atoms with Crippen LogP contribution in [0.4, 0.5) is 0 Å². The van der Waals surface area contributed by atoms with E-state index in [0.717, 1.165) is 0 Å². The molecule has 1 saturated heterocycles. The number of benzene rings is 1. The fourth-order valence-corrected chi connectivity index (χ4v) is 4.14. The van der Waals surface area contributed by atoms with E-state index in [9.17, 15) is 13.5 Å². The van der Waals surface area contributed by atoms with Crippen molar-refractivity contribution in [2.75, 3.05) is 19.8 Å². The van der Waals surface area contributed by atoms with Crippen LogP contribution >= 0.6 is 11.6 Å². The van der Waals surface area contributed by atoms with E-state index in [1.807, 2.05) is 6.92 Å². The zero-order chi connectivity index (χ0) is 14.8. The van der Waals surface area contributed by atoms with Gasteiger partial charge in [0.2, 0.25) is 10.0 Å². The van der Waals surface area contributed by atoms with Gasteiger partial charge in [-0.1, -0.05) is 18.5 Å². The first-order chi connectivity index (χ1) is 9.50. The number of nitrogens with zero attached hydrogens (tertiary/aromatic N) is 1. The monoisotopic (exact) mass is 319 g/mol. The van der Waals surface area contributed by atoms with Gasteiger partial charge in [-0.25, -0.2) is 8.42 Å². The van der Waals surface area contributed by atoms with Crippen molar-refractivity contribution in [1.82, 2.24) is 4.31 Å². The second-order valence-corrected chi connectivity index (χ2v) is 6.96. The lowest BCUT2D eigenvalue weighted by atomic mass is 10.2. The lowest BCUT2D eigenvalue weighted by Gasteiger charge is -2.34. The van der Waals surface area contributed by atoms with Gasteiger partial charge in [-0.15, -0.1) is 0 Å². The summed E-state index contributed by atoms with van der Waals surface area (Å²) in [5.74, 6) is 0. The average Bonchev–Trinajstić information content (AvgIpc) is 2.47. The minimum absolute atomic E-state index is 0.151. The van der Waals surface area contributed by atoms with Gasteiger partial charge in [0, 0.05) is 17.6 Å². The average molecular weight is 320 g/mol. The molecule has 20 heavy (non-hydrogen) atoms. The molecule has 112 valence electrons. The maximum absolute atomic E-state index is 12.7. The number of aliphatic hydroxyl groups excluding tert-OH is 1. The molecule has 1 aliphatic heterocycles. The number of ether oxygens (including phenoxy) is 1. The van der Waals surface area contributed by atoms with Crippen molar-refractivity contribution in [3.05, 3.63) is 28.8 Å². The summed E-state index contributed by atoms with van der Waals surface area (Å²) in [5.41, 5.74) is 0.411.